The molecule has 0 aliphatic carbocycles. The smallest absolute Gasteiger partial charge is 0.261 e. The van der Waals surface area contributed by atoms with Crippen molar-refractivity contribution in [3.05, 3.63) is 64.1 Å². The number of carbonyl (C=O) groups excluding carboxylic acids is 2. The van der Waals surface area contributed by atoms with Crippen molar-refractivity contribution in [1.29, 1.82) is 0 Å². The molecule has 31 heavy (non-hydrogen) atoms. The fourth-order valence-electron chi connectivity index (χ4n) is 3.10. The number of halogens is 1. The molecule has 0 saturated carbocycles. The molecular weight excluding hydrogens is 456 g/mol. The molecule has 5 nitrogen and oxygen atoms in total. The number of nitrogens with one attached hydrogen (secondary N) is 1. The monoisotopic (exact) mass is 488 g/mol. The SMILES string of the molecule is CC(C)NC(=O)[C@H](C)N(Cc1cccc(Br)c1)C(=O)COc1ccc(C(C)(C)C)cc1. The molecule has 0 heterocycles. The van der Waals surface area contributed by atoms with Crippen molar-refractivity contribution in [2.24, 2.45) is 0 Å². The maximum Gasteiger partial charge on any atom is 0.261 e. The highest BCUT2D eigenvalue weighted by molar-refractivity contribution is 9.10. The molecule has 0 radical (unpaired) electrons. The van der Waals surface area contributed by atoms with Crippen molar-refractivity contribution >= 4 is 27.7 Å². The molecule has 0 aliphatic rings. The lowest BCUT2D eigenvalue weighted by Gasteiger charge is -2.29. The van der Waals surface area contributed by atoms with Crippen LogP contribution >= 0.6 is 15.9 Å². The van der Waals surface area contributed by atoms with E-state index < -0.39 is 6.04 Å². The van der Waals surface area contributed by atoms with Crippen LogP contribution in [0, 0.1) is 0 Å². The fourth-order valence-corrected chi connectivity index (χ4v) is 3.55. The molecule has 6 heteroatoms. The van der Waals surface area contributed by atoms with Gasteiger partial charge in [-0.2, -0.15) is 0 Å². The zero-order valence-corrected chi connectivity index (χ0v) is 20.8. The summed E-state index contributed by atoms with van der Waals surface area (Å²) < 4.78 is 6.68. The molecule has 0 aromatic heterocycles. The third-order valence-corrected chi connectivity index (χ3v) is 5.42. The summed E-state index contributed by atoms with van der Waals surface area (Å²) in [4.78, 5) is 27.2. The number of carbonyl (C=O) groups is 2. The molecule has 1 atom stereocenters. The number of benzene rings is 2. The van der Waals surface area contributed by atoms with Crippen LogP contribution in [-0.2, 0) is 21.5 Å². The standard InChI is InChI=1S/C25H33BrN2O3/c1-17(2)27-24(30)18(3)28(15-19-8-7-9-21(26)14-19)23(29)16-31-22-12-10-20(11-13-22)25(4,5)6/h7-14,17-18H,15-16H2,1-6H3,(H,27,30)/t18-/m0/s1. The third-order valence-electron chi connectivity index (χ3n) is 4.92. The normalized spacial score (nSPS) is 12.4. The Bertz CT molecular complexity index is 888. The zero-order chi connectivity index (χ0) is 23.2. The summed E-state index contributed by atoms with van der Waals surface area (Å²) in [6.45, 7) is 12.2. The molecule has 0 aliphatic heterocycles. The molecule has 0 spiro atoms. The van der Waals surface area contributed by atoms with Crippen LogP contribution in [0.1, 0.15) is 52.7 Å². The first-order valence-corrected chi connectivity index (χ1v) is 11.3. The Morgan fingerprint density at radius 1 is 1.06 bits per heavy atom. The van der Waals surface area contributed by atoms with Gasteiger partial charge in [-0.1, -0.05) is 61.0 Å². The summed E-state index contributed by atoms with van der Waals surface area (Å²) in [7, 11) is 0. The van der Waals surface area contributed by atoms with E-state index in [-0.39, 0.29) is 29.9 Å². The first-order chi connectivity index (χ1) is 14.5. The van der Waals surface area contributed by atoms with Gasteiger partial charge in [-0.15, -0.1) is 0 Å². The van der Waals surface area contributed by atoms with Crippen LogP contribution in [0.5, 0.6) is 5.75 Å². The summed E-state index contributed by atoms with van der Waals surface area (Å²) in [5.74, 6) is 0.196. The van der Waals surface area contributed by atoms with E-state index >= 15 is 0 Å². The second-order valence-electron chi connectivity index (χ2n) is 9.05. The lowest BCUT2D eigenvalue weighted by atomic mass is 9.87. The van der Waals surface area contributed by atoms with Crippen LogP contribution in [0.15, 0.2) is 53.0 Å². The van der Waals surface area contributed by atoms with Crippen molar-refractivity contribution < 1.29 is 14.3 Å². The molecule has 2 amide bonds. The van der Waals surface area contributed by atoms with Crippen molar-refractivity contribution in [2.75, 3.05) is 6.61 Å². The van der Waals surface area contributed by atoms with E-state index in [4.69, 9.17) is 4.74 Å². The largest absolute Gasteiger partial charge is 0.484 e. The van der Waals surface area contributed by atoms with E-state index in [1.54, 1.807) is 11.8 Å². The summed E-state index contributed by atoms with van der Waals surface area (Å²) >= 11 is 3.46. The number of nitrogens with zero attached hydrogens (tertiary/aromatic N) is 1. The Morgan fingerprint density at radius 2 is 1.71 bits per heavy atom. The fraction of sp³-hybridized carbons (Fsp3) is 0.440. The van der Waals surface area contributed by atoms with Gasteiger partial charge in [-0.25, -0.2) is 0 Å². The van der Waals surface area contributed by atoms with E-state index in [1.165, 1.54) is 5.56 Å². The van der Waals surface area contributed by atoms with Crippen molar-refractivity contribution in [2.45, 2.75) is 65.6 Å². The van der Waals surface area contributed by atoms with Gasteiger partial charge in [0.2, 0.25) is 5.91 Å². The summed E-state index contributed by atoms with van der Waals surface area (Å²) in [6, 6.07) is 14.9. The molecule has 0 unspecified atom stereocenters. The number of hydrogen-bond acceptors (Lipinski definition) is 3. The number of amides is 2. The quantitative estimate of drug-likeness (QED) is 0.564. The van der Waals surface area contributed by atoms with Crippen molar-refractivity contribution in [1.82, 2.24) is 10.2 Å². The molecule has 0 saturated heterocycles. The highest BCUT2D eigenvalue weighted by Crippen LogP contribution is 2.24. The second kappa shape index (κ2) is 10.8. The molecule has 0 bridgehead atoms. The van der Waals surface area contributed by atoms with E-state index in [0.29, 0.717) is 12.3 Å². The third kappa shape index (κ3) is 7.69. The summed E-state index contributed by atoms with van der Waals surface area (Å²) in [5, 5.41) is 2.89. The summed E-state index contributed by atoms with van der Waals surface area (Å²) in [6.07, 6.45) is 0. The molecule has 2 aromatic carbocycles. The van der Waals surface area contributed by atoms with E-state index in [1.807, 2.05) is 62.4 Å². The highest BCUT2D eigenvalue weighted by atomic mass is 79.9. The van der Waals surface area contributed by atoms with Crippen molar-refractivity contribution in [3.8, 4) is 5.75 Å². The number of rotatable bonds is 8. The predicted octanol–water partition coefficient (Wildman–Crippen LogP) is 5.07. The topological polar surface area (TPSA) is 58.6 Å². The number of hydrogen-bond donors (Lipinski definition) is 1. The molecule has 168 valence electrons. The molecule has 0 fully saturated rings. The van der Waals surface area contributed by atoms with Gasteiger partial charge in [0.05, 0.1) is 0 Å². The van der Waals surface area contributed by atoms with Gasteiger partial charge >= 0.3 is 0 Å². The van der Waals surface area contributed by atoms with Crippen LogP contribution in [0.25, 0.3) is 0 Å². The average Bonchev–Trinajstić information content (AvgIpc) is 2.69. The first kappa shape index (κ1) is 24.9. The van der Waals surface area contributed by atoms with Gasteiger partial charge < -0.3 is 15.0 Å². The second-order valence-corrected chi connectivity index (χ2v) is 9.97. The summed E-state index contributed by atoms with van der Waals surface area (Å²) in [5.41, 5.74) is 2.18. The first-order valence-electron chi connectivity index (χ1n) is 10.5. The minimum atomic E-state index is -0.624. The van der Waals surface area contributed by atoms with Crippen LogP contribution in [-0.4, -0.2) is 35.4 Å². The van der Waals surface area contributed by atoms with Crippen LogP contribution < -0.4 is 10.1 Å². The van der Waals surface area contributed by atoms with Gasteiger partial charge in [-0.05, 0) is 61.6 Å². The maximum atomic E-state index is 13.1. The Morgan fingerprint density at radius 3 is 2.26 bits per heavy atom. The minimum absolute atomic E-state index is 0.00430. The Kier molecular flexibility index (Phi) is 8.69. The van der Waals surface area contributed by atoms with E-state index in [9.17, 15) is 9.59 Å². The van der Waals surface area contributed by atoms with Gasteiger partial charge in [0.25, 0.3) is 5.91 Å². The average molecular weight is 489 g/mol. The van der Waals surface area contributed by atoms with Gasteiger partial charge in [0.15, 0.2) is 6.61 Å². The van der Waals surface area contributed by atoms with Crippen LogP contribution in [0.3, 0.4) is 0 Å². The van der Waals surface area contributed by atoms with Gasteiger partial charge in [0, 0.05) is 17.1 Å². The lowest BCUT2D eigenvalue weighted by Crippen LogP contribution is -2.50. The Labute approximate surface area is 194 Å². The zero-order valence-electron chi connectivity index (χ0n) is 19.2. The van der Waals surface area contributed by atoms with E-state index in [0.717, 1.165) is 10.0 Å². The molecular formula is C25H33BrN2O3. The molecule has 1 N–H and O–H groups in total. The highest BCUT2D eigenvalue weighted by Gasteiger charge is 2.27. The number of ether oxygens (including phenoxy) is 1. The van der Waals surface area contributed by atoms with Gasteiger partial charge in [0.1, 0.15) is 11.8 Å². The van der Waals surface area contributed by atoms with Crippen LogP contribution in [0.4, 0.5) is 0 Å². The predicted molar refractivity (Wildman–Crippen MR) is 128 cm³/mol. The van der Waals surface area contributed by atoms with Crippen LogP contribution in [0.2, 0.25) is 0 Å². The lowest BCUT2D eigenvalue weighted by molar-refractivity contribution is -0.142. The maximum absolute atomic E-state index is 13.1. The molecule has 2 aromatic rings. The van der Waals surface area contributed by atoms with E-state index in [2.05, 4.69) is 42.0 Å². The Hall–Kier alpha value is -2.34. The van der Waals surface area contributed by atoms with Gasteiger partial charge in [-0.3, -0.25) is 9.59 Å². The molecule has 2 rings (SSSR count). The Balaban J connectivity index is 2.14. The minimum Gasteiger partial charge on any atom is -0.484 e. The van der Waals surface area contributed by atoms with Crippen molar-refractivity contribution in [3.63, 3.8) is 0 Å².